The first-order valence-corrected chi connectivity index (χ1v) is 20.8. The summed E-state index contributed by atoms with van der Waals surface area (Å²) >= 11 is 0. The van der Waals surface area contributed by atoms with Crippen LogP contribution in [0.15, 0.2) is 249 Å². The van der Waals surface area contributed by atoms with Crippen LogP contribution in [0.1, 0.15) is 22.3 Å². The predicted octanol–water partition coefficient (Wildman–Crippen LogP) is 15.7. The van der Waals surface area contributed by atoms with Gasteiger partial charge in [0.2, 0.25) is 0 Å². The van der Waals surface area contributed by atoms with E-state index in [1.807, 2.05) is 0 Å². The van der Waals surface area contributed by atoms with E-state index >= 15 is 0 Å². The molecule has 0 aliphatic heterocycles. The highest BCUT2D eigenvalue weighted by Crippen LogP contribution is 2.59. The molecule has 0 saturated carbocycles. The van der Waals surface area contributed by atoms with E-state index in [0.717, 1.165) is 17.1 Å². The number of nitrogens with zero attached hydrogens (tertiary/aromatic N) is 1. The zero-order chi connectivity index (χ0) is 39.9. The van der Waals surface area contributed by atoms with Crippen LogP contribution >= 0.6 is 0 Å². The Labute approximate surface area is 352 Å². The Morgan fingerprint density at radius 1 is 0.300 bits per heavy atom. The van der Waals surface area contributed by atoms with Crippen LogP contribution < -0.4 is 4.90 Å². The zero-order valence-electron chi connectivity index (χ0n) is 33.1. The van der Waals surface area contributed by atoms with Gasteiger partial charge in [-0.1, -0.05) is 206 Å². The minimum absolute atomic E-state index is 0.546. The Kier molecular flexibility index (Phi) is 8.79. The third kappa shape index (κ3) is 5.86. The summed E-state index contributed by atoms with van der Waals surface area (Å²) < 4.78 is 0. The first-order valence-electron chi connectivity index (χ1n) is 20.8. The Bertz CT molecular complexity index is 3080. The summed E-state index contributed by atoms with van der Waals surface area (Å²) in [7, 11) is 0. The lowest BCUT2D eigenvalue weighted by Gasteiger charge is -2.35. The number of anilines is 3. The quantitative estimate of drug-likeness (QED) is 0.149. The maximum atomic E-state index is 2.44. The van der Waals surface area contributed by atoms with Crippen LogP contribution in [0.2, 0.25) is 0 Å². The number of benzene rings is 10. The van der Waals surface area contributed by atoms with E-state index in [-0.39, 0.29) is 0 Å². The molecule has 60 heavy (non-hydrogen) atoms. The van der Waals surface area contributed by atoms with E-state index in [0.29, 0.717) is 0 Å². The predicted molar refractivity (Wildman–Crippen MR) is 252 cm³/mol. The standard InChI is InChI=1S/C59H41N/c1-6-20-42(21-7-1)44-24-18-31-51(40-44)60(50-29-14-5-15-30-50)57-41-47(39-46-38-45(36-37-52(46)57)43-22-8-2-9-23-43)53-33-19-34-55-54-32-16-17-35-56(54)59(58(53)55,48-25-10-3-11-26-48)49-27-12-4-13-28-49/h1-41H. The Morgan fingerprint density at radius 2 is 0.783 bits per heavy atom. The minimum Gasteiger partial charge on any atom is -0.310 e. The van der Waals surface area contributed by atoms with E-state index in [1.54, 1.807) is 0 Å². The van der Waals surface area contributed by atoms with E-state index in [4.69, 9.17) is 0 Å². The summed E-state index contributed by atoms with van der Waals surface area (Å²) in [5.41, 5.74) is 17.6. The van der Waals surface area contributed by atoms with Crippen LogP contribution in [0.5, 0.6) is 0 Å². The first kappa shape index (κ1) is 35.4. The summed E-state index contributed by atoms with van der Waals surface area (Å²) in [6.45, 7) is 0. The van der Waals surface area contributed by atoms with Gasteiger partial charge >= 0.3 is 0 Å². The van der Waals surface area contributed by atoms with Gasteiger partial charge in [-0.15, -0.1) is 0 Å². The molecule has 282 valence electrons. The smallest absolute Gasteiger partial charge is 0.0719 e. The van der Waals surface area contributed by atoms with Crippen molar-refractivity contribution < 1.29 is 0 Å². The lowest BCUT2D eigenvalue weighted by molar-refractivity contribution is 0.770. The molecule has 0 atom stereocenters. The molecule has 0 saturated heterocycles. The molecule has 0 spiro atoms. The second kappa shape index (κ2) is 14.9. The topological polar surface area (TPSA) is 3.24 Å². The van der Waals surface area contributed by atoms with Crippen LogP contribution in [0.3, 0.4) is 0 Å². The molecule has 1 heteroatoms. The molecule has 0 bridgehead atoms. The average molecular weight is 764 g/mol. The van der Waals surface area contributed by atoms with Gasteiger partial charge < -0.3 is 4.90 Å². The van der Waals surface area contributed by atoms with Gasteiger partial charge in [0.05, 0.1) is 11.1 Å². The zero-order valence-corrected chi connectivity index (χ0v) is 33.1. The number of hydrogen-bond acceptors (Lipinski definition) is 1. The van der Waals surface area contributed by atoms with Crippen LogP contribution in [-0.2, 0) is 5.41 Å². The van der Waals surface area contributed by atoms with Crippen molar-refractivity contribution >= 4 is 27.8 Å². The van der Waals surface area contributed by atoms with Gasteiger partial charge in [-0.25, -0.2) is 0 Å². The molecule has 0 radical (unpaired) electrons. The van der Waals surface area contributed by atoms with Crippen molar-refractivity contribution in [3.63, 3.8) is 0 Å². The first-order chi connectivity index (χ1) is 29.8. The van der Waals surface area contributed by atoms with Crippen LogP contribution in [0.4, 0.5) is 17.1 Å². The number of rotatable bonds is 8. The molecular weight excluding hydrogens is 723 g/mol. The van der Waals surface area contributed by atoms with Crippen LogP contribution in [0.25, 0.3) is 55.3 Å². The molecule has 10 aromatic carbocycles. The maximum Gasteiger partial charge on any atom is 0.0719 e. The summed E-state index contributed by atoms with van der Waals surface area (Å²) in [5, 5.41) is 2.36. The Balaban J connectivity index is 1.23. The van der Waals surface area contributed by atoms with Crippen LogP contribution in [-0.4, -0.2) is 0 Å². The van der Waals surface area contributed by atoms with E-state index < -0.39 is 5.41 Å². The molecule has 0 N–H and O–H groups in total. The number of para-hydroxylation sites is 1. The second-order valence-electron chi connectivity index (χ2n) is 15.6. The number of hydrogen-bond donors (Lipinski definition) is 0. The largest absolute Gasteiger partial charge is 0.310 e. The van der Waals surface area contributed by atoms with E-state index in [2.05, 4.69) is 254 Å². The van der Waals surface area contributed by atoms with Crippen molar-refractivity contribution in [3.8, 4) is 44.5 Å². The lowest BCUT2D eigenvalue weighted by Crippen LogP contribution is -2.29. The molecule has 11 rings (SSSR count). The van der Waals surface area contributed by atoms with Crippen molar-refractivity contribution in [1.29, 1.82) is 0 Å². The fraction of sp³-hybridized carbons (Fsp3) is 0.0169. The van der Waals surface area contributed by atoms with E-state index in [9.17, 15) is 0 Å². The highest BCUT2D eigenvalue weighted by molar-refractivity contribution is 6.05. The second-order valence-corrected chi connectivity index (χ2v) is 15.6. The Morgan fingerprint density at radius 3 is 1.45 bits per heavy atom. The monoisotopic (exact) mass is 763 g/mol. The number of fused-ring (bicyclic) bond motifs is 4. The van der Waals surface area contributed by atoms with Crippen molar-refractivity contribution in [2.24, 2.45) is 0 Å². The molecule has 0 unspecified atom stereocenters. The molecule has 0 amide bonds. The van der Waals surface area contributed by atoms with Gasteiger partial charge in [0.1, 0.15) is 0 Å². The highest BCUT2D eigenvalue weighted by Gasteiger charge is 2.47. The SMILES string of the molecule is c1ccc(-c2cccc(N(c3ccccc3)c3cc(-c4cccc5c4C(c4ccccc4)(c4ccccc4)c4ccccc4-5)cc4cc(-c5ccccc5)ccc34)c2)cc1. The van der Waals surface area contributed by atoms with Crippen molar-refractivity contribution in [3.05, 3.63) is 271 Å². The minimum atomic E-state index is -0.546. The summed E-state index contributed by atoms with van der Waals surface area (Å²) in [6.07, 6.45) is 0. The molecule has 1 aliphatic carbocycles. The Hall–Kier alpha value is -7.74. The van der Waals surface area contributed by atoms with Gasteiger partial charge in [0.25, 0.3) is 0 Å². The maximum absolute atomic E-state index is 2.44. The van der Waals surface area contributed by atoms with Crippen LogP contribution in [0, 0.1) is 0 Å². The molecular formula is C59H41N. The summed E-state index contributed by atoms with van der Waals surface area (Å²) in [5.74, 6) is 0. The fourth-order valence-corrected chi connectivity index (χ4v) is 9.70. The normalized spacial score (nSPS) is 12.5. The molecule has 0 fully saturated rings. The van der Waals surface area contributed by atoms with Gasteiger partial charge in [0, 0.05) is 16.8 Å². The van der Waals surface area contributed by atoms with Crippen molar-refractivity contribution in [2.45, 2.75) is 5.41 Å². The molecule has 1 nitrogen and oxygen atoms in total. The fourth-order valence-electron chi connectivity index (χ4n) is 9.70. The molecule has 10 aromatic rings. The molecule has 0 heterocycles. The molecule has 1 aliphatic rings. The summed E-state index contributed by atoms with van der Waals surface area (Å²) in [6, 6.07) is 91.2. The van der Waals surface area contributed by atoms with Gasteiger partial charge in [-0.3, -0.25) is 0 Å². The molecule has 0 aromatic heterocycles. The van der Waals surface area contributed by atoms with Crippen molar-refractivity contribution in [2.75, 3.05) is 4.90 Å². The van der Waals surface area contributed by atoms with Gasteiger partial charge in [-0.05, 0) is 115 Å². The van der Waals surface area contributed by atoms with Gasteiger partial charge in [0.15, 0.2) is 0 Å². The third-order valence-corrected chi connectivity index (χ3v) is 12.3. The third-order valence-electron chi connectivity index (χ3n) is 12.3. The van der Waals surface area contributed by atoms with Crippen molar-refractivity contribution in [1.82, 2.24) is 0 Å². The van der Waals surface area contributed by atoms with Gasteiger partial charge in [-0.2, -0.15) is 0 Å². The highest BCUT2D eigenvalue weighted by atomic mass is 15.1. The average Bonchev–Trinajstić information content (AvgIpc) is 3.64. The lowest BCUT2D eigenvalue weighted by atomic mass is 9.66. The van der Waals surface area contributed by atoms with E-state index in [1.165, 1.54) is 77.5 Å². The summed E-state index contributed by atoms with van der Waals surface area (Å²) in [4.78, 5) is 2.44.